The van der Waals surface area contributed by atoms with E-state index in [1.807, 2.05) is 0 Å². The van der Waals surface area contributed by atoms with Gasteiger partial charge in [0, 0.05) is 31.5 Å². The van der Waals surface area contributed by atoms with Crippen LogP contribution in [0.3, 0.4) is 0 Å². The van der Waals surface area contributed by atoms with E-state index in [1.165, 1.54) is 16.8 Å². The van der Waals surface area contributed by atoms with Crippen molar-refractivity contribution in [1.29, 1.82) is 0 Å². The van der Waals surface area contributed by atoms with Crippen molar-refractivity contribution in [2.75, 3.05) is 19.3 Å². The number of nitrogens with one attached hydrogen (secondary N) is 1. The molecule has 144 valence electrons. The minimum absolute atomic E-state index is 0.00581. The Morgan fingerprint density at radius 2 is 2.26 bits per heavy atom. The maximum absolute atomic E-state index is 12.5. The van der Waals surface area contributed by atoms with Gasteiger partial charge < -0.3 is 9.84 Å². The Balaban J connectivity index is 1.59. The average Bonchev–Trinajstić information content (AvgIpc) is 3.27. The molecule has 0 unspecified atom stereocenters. The maximum atomic E-state index is 12.5. The highest BCUT2D eigenvalue weighted by atomic mass is 32.2. The molecule has 1 N–H and O–H groups in total. The monoisotopic (exact) mass is 391 g/mol. The normalized spacial score (nSPS) is 28.2. The molecule has 1 aliphatic carbocycles. The van der Waals surface area contributed by atoms with E-state index in [9.17, 15) is 13.2 Å². The van der Waals surface area contributed by atoms with E-state index in [1.54, 1.807) is 25.3 Å². The lowest BCUT2D eigenvalue weighted by Gasteiger charge is -2.24. The van der Waals surface area contributed by atoms with Gasteiger partial charge in [-0.2, -0.15) is 4.98 Å². The largest absolute Gasteiger partial charge is 0.349 e. The molecule has 0 aromatic carbocycles. The number of carbonyl (C=O) groups is 1. The van der Waals surface area contributed by atoms with E-state index in [2.05, 4.69) is 20.4 Å². The topological polar surface area (TPSA) is 118 Å². The third-order valence-corrected chi connectivity index (χ3v) is 6.74. The quantitative estimate of drug-likeness (QED) is 0.806. The van der Waals surface area contributed by atoms with E-state index < -0.39 is 15.4 Å². The fraction of sp³-hybridized carbons (Fsp3) is 0.529. The predicted octanol–water partition coefficient (Wildman–Crippen LogP) is 0.495. The summed E-state index contributed by atoms with van der Waals surface area (Å²) in [5.74, 6) is 0.782. The minimum Gasteiger partial charge on any atom is -0.349 e. The minimum atomic E-state index is -3.32. The standard InChI is InChI=1S/C17H21N5O4S/c1-11-19-16(26-21-11)17-7-14(20-15(23)12-4-3-5-18-8-12)6-13(17)9-22(10-17)27(2,24)25/h3-5,8,13-14H,6-7,9-10H2,1-2H3,(H,20,23)/t13-,14+,17-/m0/s1. The molecule has 2 fully saturated rings. The molecule has 1 saturated heterocycles. The van der Waals surface area contributed by atoms with Crippen LogP contribution in [-0.2, 0) is 15.4 Å². The number of hydrogen-bond donors (Lipinski definition) is 1. The van der Waals surface area contributed by atoms with Gasteiger partial charge in [0.2, 0.25) is 15.9 Å². The van der Waals surface area contributed by atoms with Crippen molar-refractivity contribution in [3.05, 3.63) is 41.8 Å². The third kappa shape index (κ3) is 3.23. The Hall–Kier alpha value is -2.33. The third-order valence-electron chi connectivity index (χ3n) is 5.53. The molecule has 2 aromatic rings. The smallest absolute Gasteiger partial charge is 0.253 e. The molecular weight excluding hydrogens is 370 g/mol. The summed E-state index contributed by atoms with van der Waals surface area (Å²) >= 11 is 0. The molecule has 0 bridgehead atoms. The molecule has 1 aliphatic heterocycles. The number of amides is 1. The zero-order valence-electron chi connectivity index (χ0n) is 15.1. The lowest BCUT2D eigenvalue weighted by Crippen LogP contribution is -2.39. The van der Waals surface area contributed by atoms with Gasteiger partial charge in [-0.1, -0.05) is 5.16 Å². The van der Waals surface area contributed by atoms with Crippen LogP contribution in [0.4, 0.5) is 0 Å². The van der Waals surface area contributed by atoms with Crippen LogP contribution < -0.4 is 5.32 Å². The lowest BCUT2D eigenvalue weighted by atomic mass is 9.80. The van der Waals surface area contributed by atoms with E-state index >= 15 is 0 Å². The summed E-state index contributed by atoms with van der Waals surface area (Å²) in [4.78, 5) is 20.8. The molecule has 2 aliphatic rings. The van der Waals surface area contributed by atoms with Gasteiger partial charge in [0.05, 0.1) is 17.2 Å². The Labute approximate surface area is 157 Å². The molecule has 1 amide bonds. The molecule has 9 nitrogen and oxygen atoms in total. The van der Waals surface area contributed by atoms with Crippen LogP contribution in [0.5, 0.6) is 0 Å². The Morgan fingerprint density at radius 3 is 2.89 bits per heavy atom. The van der Waals surface area contributed by atoms with Crippen molar-refractivity contribution in [2.45, 2.75) is 31.2 Å². The van der Waals surface area contributed by atoms with Crippen LogP contribution in [0.15, 0.2) is 29.0 Å². The molecule has 2 aromatic heterocycles. The summed E-state index contributed by atoms with van der Waals surface area (Å²) in [5, 5.41) is 6.93. The van der Waals surface area contributed by atoms with E-state index in [4.69, 9.17) is 4.52 Å². The van der Waals surface area contributed by atoms with Crippen molar-refractivity contribution in [2.24, 2.45) is 5.92 Å². The second-order valence-electron chi connectivity index (χ2n) is 7.41. The fourth-order valence-electron chi connectivity index (χ4n) is 4.28. The Bertz CT molecular complexity index is 961. The van der Waals surface area contributed by atoms with Gasteiger partial charge in [0.25, 0.3) is 5.91 Å². The van der Waals surface area contributed by atoms with E-state index in [-0.39, 0.29) is 24.4 Å². The number of rotatable bonds is 4. The summed E-state index contributed by atoms with van der Waals surface area (Å²) < 4.78 is 31.1. The molecule has 10 heteroatoms. The van der Waals surface area contributed by atoms with Gasteiger partial charge in [0.15, 0.2) is 5.82 Å². The van der Waals surface area contributed by atoms with Crippen LogP contribution in [0.25, 0.3) is 0 Å². The van der Waals surface area contributed by atoms with Gasteiger partial charge in [-0.25, -0.2) is 12.7 Å². The number of sulfonamides is 1. The van der Waals surface area contributed by atoms with Crippen molar-refractivity contribution >= 4 is 15.9 Å². The van der Waals surface area contributed by atoms with Crippen LogP contribution in [0.1, 0.15) is 34.9 Å². The number of aromatic nitrogens is 3. The molecule has 3 heterocycles. The highest BCUT2D eigenvalue weighted by Crippen LogP contribution is 2.50. The van der Waals surface area contributed by atoms with Crippen molar-refractivity contribution in [3.8, 4) is 0 Å². The lowest BCUT2D eigenvalue weighted by molar-refractivity contribution is 0.0934. The number of hydrogen-bond acceptors (Lipinski definition) is 7. The zero-order chi connectivity index (χ0) is 19.2. The van der Waals surface area contributed by atoms with Gasteiger partial charge in [-0.05, 0) is 37.8 Å². The van der Waals surface area contributed by atoms with Crippen molar-refractivity contribution < 1.29 is 17.7 Å². The van der Waals surface area contributed by atoms with Crippen LogP contribution in [0.2, 0.25) is 0 Å². The second-order valence-corrected chi connectivity index (χ2v) is 9.39. The highest BCUT2D eigenvalue weighted by molar-refractivity contribution is 7.88. The number of nitrogens with zero attached hydrogens (tertiary/aromatic N) is 4. The number of aryl methyl sites for hydroxylation is 1. The fourth-order valence-corrected chi connectivity index (χ4v) is 5.20. The van der Waals surface area contributed by atoms with Gasteiger partial charge >= 0.3 is 0 Å². The first-order valence-electron chi connectivity index (χ1n) is 8.75. The molecular formula is C17H21N5O4S. The van der Waals surface area contributed by atoms with E-state index in [0.717, 1.165) is 0 Å². The first-order chi connectivity index (χ1) is 12.8. The number of carbonyl (C=O) groups excluding carboxylic acids is 1. The summed E-state index contributed by atoms with van der Waals surface area (Å²) in [5.41, 5.74) is -0.0768. The molecule has 1 saturated carbocycles. The second kappa shape index (κ2) is 6.38. The van der Waals surface area contributed by atoms with Crippen LogP contribution in [-0.4, -0.2) is 59.1 Å². The number of fused-ring (bicyclic) bond motifs is 1. The summed E-state index contributed by atoms with van der Waals surface area (Å²) in [7, 11) is -3.32. The van der Waals surface area contributed by atoms with Crippen molar-refractivity contribution in [3.63, 3.8) is 0 Å². The van der Waals surface area contributed by atoms with Gasteiger partial charge in [-0.3, -0.25) is 9.78 Å². The first kappa shape index (κ1) is 18.1. The molecule has 27 heavy (non-hydrogen) atoms. The Kier molecular flexibility index (Phi) is 4.26. The number of pyridine rings is 1. The SMILES string of the molecule is Cc1noc([C@]23C[C@H](NC(=O)c4cccnc4)C[C@H]2CN(S(C)(=O)=O)C3)n1. The molecule has 3 atom stereocenters. The first-order valence-corrected chi connectivity index (χ1v) is 10.6. The molecule has 0 spiro atoms. The molecule has 0 radical (unpaired) electrons. The molecule has 4 rings (SSSR count). The van der Waals surface area contributed by atoms with Crippen molar-refractivity contribution in [1.82, 2.24) is 24.7 Å². The van der Waals surface area contributed by atoms with Gasteiger partial charge in [0.1, 0.15) is 0 Å². The van der Waals surface area contributed by atoms with Gasteiger partial charge in [-0.15, -0.1) is 0 Å². The summed E-state index contributed by atoms with van der Waals surface area (Å²) in [6.45, 7) is 2.41. The predicted molar refractivity (Wildman–Crippen MR) is 95.3 cm³/mol. The Morgan fingerprint density at radius 1 is 1.44 bits per heavy atom. The highest BCUT2D eigenvalue weighted by Gasteiger charge is 2.58. The van der Waals surface area contributed by atoms with E-state index in [0.29, 0.717) is 36.7 Å². The zero-order valence-corrected chi connectivity index (χ0v) is 15.9. The van der Waals surface area contributed by atoms with Crippen LogP contribution in [0, 0.1) is 12.8 Å². The average molecular weight is 391 g/mol. The summed E-state index contributed by atoms with van der Waals surface area (Å²) in [6, 6.07) is 3.32. The van der Waals surface area contributed by atoms with Crippen LogP contribution >= 0.6 is 0 Å². The maximum Gasteiger partial charge on any atom is 0.253 e. The summed E-state index contributed by atoms with van der Waals surface area (Å²) in [6.07, 6.45) is 5.55.